The molecule has 0 aliphatic heterocycles. The van der Waals surface area contributed by atoms with E-state index >= 15 is 0 Å². The Morgan fingerprint density at radius 1 is 1.41 bits per heavy atom. The lowest BCUT2D eigenvalue weighted by Gasteiger charge is -2.09. The topological polar surface area (TPSA) is 99.1 Å². The number of hydrogen-bond acceptors (Lipinski definition) is 4. The van der Waals surface area contributed by atoms with Gasteiger partial charge in [-0.25, -0.2) is 13.1 Å². The first-order valence-electron chi connectivity index (χ1n) is 5.52. The summed E-state index contributed by atoms with van der Waals surface area (Å²) < 4.78 is 23.8. The van der Waals surface area contributed by atoms with Crippen LogP contribution in [0.1, 0.15) is 26.2 Å². The molecule has 17 heavy (non-hydrogen) atoms. The van der Waals surface area contributed by atoms with Gasteiger partial charge >= 0.3 is 0 Å². The molecular weight excluding hydrogens is 242 g/mol. The number of rotatable bonds is 8. The Bertz CT molecular complexity index is 373. The number of hydrogen-bond donors (Lipinski definition) is 2. The number of amides is 1. The highest BCUT2D eigenvalue weighted by Gasteiger charge is 2.15. The monoisotopic (exact) mass is 261 g/mol. The van der Waals surface area contributed by atoms with Crippen LogP contribution < -0.4 is 10.0 Å². The SMILES string of the molecule is CCCC(C#N)C(=O)NCCCNS(C)(=O)=O. The molecule has 0 aromatic carbocycles. The summed E-state index contributed by atoms with van der Waals surface area (Å²) in [5.41, 5.74) is 0. The van der Waals surface area contributed by atoms with Crippen molar-refractivity contribution < 1.29 is 13.2 Å². The number of nitriles is 1. The molecule has 0 saturated carbocycles. The minimum atomic E-state index is -3.17. The summed E-state index contributed by atoms with van der Waals surface area (Å²) in [4.78, 5) is 11.5. The lowest BCUT2D eigenvalue weighted by molar-refractivity contribution is -0.123. The van der Waals surface area contributed by atoms with Crippen molar-refractivity contribution in [3.05, 3.63) is 0 Å². The maximum Gasteiger partial charge on any atom is 0.237 e. The van der Waals surface area contributed by atoms with Gasteiger partial charge in [0.25, 0.3) is 0 Å². The lowest BCUT2D eigenvalue weighted by Crippen LogP contribution is -2.33. The summed E-state index contributed by atoms with van der Waals surface area (Å²) in [6.07, 6.45) is 2.91. The fourth-order valence-electron chi connectivity index (χ4n) is 1.22. The van der Waals surface area contributed by atoms with Crippen LogP contribution in [0.4, 0.5) is 0 Å². The van der Waals surface area contributed by atoms with Crippen molar-refractivity contribution in [3.8, 4) is 6.07 Å². The molecule has 1 unspecified atom stereocenters. The van der Waals surface area contributed by atoms with Gasteiger partial charge in [-0.15, -0.1) is 0 Å². The molecule has 0 heterocycles. The molecule has 0 aliphatic carbocycles. The van der Waals surface area contributed by atoms with E-state index in [0.717, 1.165) is 12.7 Å². The van der Waals surface area contributed by atoms with Crippen LogP contribution in [-0.4, -0.2) is 33.7 Å². The molecule has 0 bridgehead atoms. The standard InChI is InChI=1S/C10H19N3O3S/c1-3-5-9(8-11)10(14)12-6-4-7-13-17(2,15)16/h9,13H,3-7H2,1-2H3,(H,12,14). The van der Waals surface area contributed by atoms with Crippen LogP contribution in [0.15, 0.2) is 0 Å². The quantitative estimate of drug-likeness (QED) is 0.600. The molecule has 1 atom stereocenters. The molecule has 0 aliphatic rings. The van der Waals surface area contributed by atoms with Gasteiger partial charge in [0.2, 0.25) is 15.9 Å². The van der Waals surface area contributed by atoms with Crippen LogP contribution in [0, 0.1) is 17.2 Å². The molecule has 0 spiro atoms. The second kappa shape index (κ2) is 8.03. The van der Waals surface area contributed by atoms with Gasteiger partial charge in [-0.05, 0) is 12.8 Å². The third-order valence-corrected chi connectivity index (χ3v) is 2.80. The van der Waals surface area contributed by atoms with Crippen LogP contribution >= 0.6 is 0 Å². The third-order valence-electron chi connectivity index (χ3n) is 2.07. The molecule has 0 radical (unpaired) electrons. The Morgan fingerprint density at radius 2 is 2.06 bits per heavy atom. The van der Waals surface area contributed by atoms with Crippen molar-refractivity contribution >= 4 is 15.9 Å². The Hall–Kier alpha value is -1.13. The van der Waals surface area contributed by atoms with E-state index in [-0.39, 0.29) is 12.5 Å². The van der Waals surface area contributed by atoms with Crippen molar-refractivity contribution in [1.82, 2.24) is 10.0 Å². The van der Waals surface area contributed by atoms with Gasteiger partial charge < -0.3 is 5.32 Å². The van der Waals surface area contributed by atoms with Gasteiger partial charge in [-0.2, -0.15) is 5.26 Å². The summed E-state index contributed by atoms with van der Waals surface area (Å²) >= 11 is 0. The maximum absolute atomic E-state index is 11.5. The minimum Gasteiger partial charge on any atom is -0.355 e. The van der Waals surface area contributed by atoms with Crippen LogP contribution in [0.5, 0.6) is 0 Å². The van der Waals surface area contributed by atoms with Gasteiger partial charge in [0.1, 0.15) is 5.92 Å². The molecule has 0 saturated heterocycles. The molecule has 0 aromatic heterocycles. The van der Waals surface area contributed by atoms with E-state index in [1.54, 1.807) is 0 Å². The summed E-state index contributed by atoms with van der Waals surface area (Å²) in [5.74, 6) is -0.892. The van der Waals surface area contributed by atoms with Crippen molar-refractivity contribution in [2.24, 2.45) is 5.92 Å². The van der Waals surface area contributed by atoms with Crippen molar-refractivity contribution in [2.75, 3.05) is 19.3 Å². The van der Waals surface area contributed by atoms with E-state index in [2.05, 4.69) is 10.0 Å². The van der Waals surface area contributed by atoms with E-state index in [1.807, 2.05) is 13.0 Å². The first kappa shape index (κ1) is 15.9. The number of carbonyl (C=O) groups is 1. The van der Waals surface area contributed by atoms with E-state index in [1.165, 1.54) is 0 Å². The Morgan fingerprint density at radius 3 is 2.53 bits per heavy atom. The van der Waals surface area contributed by atoms with Crippen LogP contribution in [0.3, 0.4) is 0 Å². The zero-order valence-electron chi connectivity index (χ0n) is 10.2. The first-order valence-corrected chi connectivity index (χ1v) is 7.41. The molecule has 1 amide bonds. The molecule has 98 valence electrons. The van der Waals surface area contributed by atoms with Crippen LogP contribution in [0.2, 0.25) is 0 Å². The molecule has 2 N–H and O–H groups in total. The average Bonchev–Trinajstić information content (AvgIpc) is 2.23. The zero-order valence-corrected chi connectivity index (χ0v) is 11.0. The number of nitrogens with zero attached hydrogens (tertiary/aromatic N) is 1. The fourth-order valence-corrected chi connectivity index (χ4v) is 1.74. The molecular formula is C10H19N3O3S. The van der Waals surface area contributed by atoms with Crippen molar-refractivity contribution in [2.45, 2.75) is 26.2 Å². The van der Waals surface area contributed by atoms with E-state index < -0.39 is 15.9 Å². The summed E-state index contributed by atoms with van der Waals surface area (Å²) in [5, 5.41) is 11.3. The van der Waals surface area contributed by atoms with Crippen LogP contribution in [-0.2, 0) is 14.8 Å². The van der Waals surface area contributed by atoms with Gasteiger partial charge in [-0.3, -0.25) is 4.79 Å². The summed E-state index contributed by atoms with van der Waals surface area (Å²) in [6.45, 7) is 2.56. The number of carbonyl (C=O) groups excluding carboxylic acids is 1. The zero-order chi connectivity index (χ0) is 13.3. The Labute approximate surface area is 102 Å². The predicted molar refractivity (Wildman–Crippen MR) is 64.5 cm³/mol. The van der Waals surface area contributed by atoms with Gasteiger partial charge in [0.05, 0.1) is 12.3 Å². The molecule has 0 rings (SSSR count). The van der Waals surface area contributed by atoms with Gasteiger partial charge in [-0.1, -0.05) is 13.3 Å². The highest BCUT2D eigenvalue weighted by molar-refractivity contribution is 7.88. The van der Waals surface area contributed by atoms with E-state index in [4.69, 9.17) is 5.26 Å². The largest absolute Gasteiger partial charge is 0.355 e. The van der Waals surface area contributed by atoms with E-state index in [9.17, 15) is 13.2 Å². The first-order chi connectivity index (χ1) is 7.90. The normalized spacial score (nSPS) is 12.8. The predicted octanol–water partition coefficient (Wildman–Crippen LogP) is -0.0182. The average molecular weight is 261 g/mol. The van der Waals surface area contributed by atoms with Gasteiger partial charge in [0, 0.05) is 13.1 Å². The smallest absolute Gasteiger partial charge is 0.237 e. The number of nitrogens with one attached hydrogen (secondary N) is 2. The Kier molecular flexibility index (Phi) is 7.50. The molecule has 0 fully saturated rings. The molecule has 0 aromatic rings. The minimum absolute atomic E-state index is 0.282. The summed E-state index contributed by atoms with van der Waals surface area (Å²) in [7, 11) is -3.17. The van der Waals surface area contributed by atoms with Gasteiger partial charge in [0.15, 0.2) is 0 Å². The lowest BCUT2D eigenvalue weighted by atomic mass is 10.1. The highest BCUT2D eigenvalue weighted by Crippen LogP contribution is 2.04. The van der Waals surface area contributed by atoms with Crippen molar-refractivity contribution in [1.29, 1.82) is 5.26 Å². The number of sulfonamides is 1. The highest BCUT2D eigenvalue weighted by atomic mass is 32.2. The summed E-state index contributed by atoms with van der Waals surface area (Å²) in [6, 6.07) is 1.94. The van der Waals surface area contributed by atoms with E-state index in [0.29, 0.717) is 19.4 Å². The third kappa shape index (κ3) is 8.65. The Balaban J connectivity index is 3.75. The maximum atomic E-state index is 11.5. The second-order valence-electron chi connectivity index (χ2n) is 3.78. The van der Waals surface area contributed by atoms with Crippen molar-refractivity contribution in [3.63, 3.8) is 0 Å². The second-order valence-corrected chi connectivity index (χ2v) is 5.61. The molecule has 7 heteroatoms. The molecule has 6 nitrogen and oxygen atoms in total. The van der Waals surface area contributed by atoms with Crippen LogP contribution in [0.25, 0.3) is 0 Å². The fraction of sp³-hybridized carbons (Fsp3) is 0.800.